The molecule has 0 bridgehead atoms. The van der Waals surface area contributed by atoms with Crippen LogP contribution < -0.4 is 0 Å². The molecule has 1 aromatic rings. The number of hydrogen-bond donors (Lipinski definition) is 1. The summed E-state index contributed by atoms with van der Waals surface area (Å²) >= 11 is 3.25. The zero-order valence-electron chi connectivity index (χ0n) is 5.70. The van der Waals surface area contributed by atoms with E-state index in [1.54, 1.807) is 24.3 Å². The Morgan fingerprint density at radius 2 is 1.91 bits per heavy atom. The van der Waals surface area contributed by atoms with Gasteiger partial charge >= 0.3 is 0 Å². The van der Waals surface area contributed by atoms with E-state index in [9.17, 15) is 4.79 Å². The molecule has 58 valence electrons. The van der Waals surface area contributed by atoms with E-state index in [0.29, 0.717) is 11.8 Å². The van der Waals surface area contributed by atoms with Gasteiger partial charge in [0.05, 0.1) is 0 Å². The lowest BCUT2D eigenvalue weighted by Gasteiger charge is -2.01. The zero-order chi connectivity index (χ0) is 8.27. The average molecular weight is 215 g/mol. The monoisotopic (exact) mass is 214 g/mol. The van der Waals surface area contributed by atoms with Crippen LogP contribution in [0.2, 0.25) is 0 Å². The molecule has 11 heavy (non-hydrogen) atoms. The quantitative estimate of drug-likeness (QED) is 0.762. The van der Waals surface area contributed by atoms with Crippen molar-refractivity contribution in [2.75, 3.05) is 0 Å². The first kappa shape index (κ1) is 8.43. The van der Waals surface area contributed by atoms with E-state index in [1.807, 2.05) is 0 Å². The summed E-state index contributed by atoms with van der Waals surface area (Å²) in [4.78, 5) is 10.1. The van der Waals surface area contributed by atoms with Crippen LogP contribution in [0.15, 0.2) is 28.7 Å². The van der Waals surface area contributed by atoms with Crippen LogP contribution in [0.3, 0.4) is 0 Å². The second-order valence-corrected chi connectivity index (χ2v) is 3.05. The number of aliphatic hydroxyl groups excluding tert-OH is 1. The normalized spacial score (nSPS) is 12.5. The van der Waals surface area contributed by atoms with Crippen LogP contribution >= 0.6 is 15.9 Å². The van der Waals surface area contributed by atoms with Crippen molar-refractivity contribution in [3.8, 4) is 0 Å². The van der Waals surface area contributed by atoms with Gasteiger partial charge in [0, 0.05) is 4.47 Å². The first-order chi connectivity index (χ1) is 5.24. The summed E-state index contributed by atoms with van der Waals surface area (Å²) in [5.41, 5.74) is 0.614. The van der Waals surface area contributed by atoms with Gasteiger partial charge in [0.25, 0.3) is 0 Å². The molecule has 0 saturated carbocycles. The van der Waals surface area contributed by atoms with Crippen molar-refractivity contribution >= 4 is 22.2 Å². The predicted octanol–water partition coefficient (Wildman–Crippen LogP) is 1.68. The molecule has 1 N–H and O–H groups in total. The molecule has 0 fully saturated rings. The van der Waals surface area contributed by atoms with Crippen LogP contribution in [0.1, 0.15) is 11.7 Å². The first-order valence-electron chi connectivity index (χ1n) is 3.13. The number of hydrogen-bond acceptors (Lipinski definition) is 2. The van der Waals surface area contributed by atoms with E-state index < -0.39 is 6.10 Å². The Balaban J connectivity index is 2.89. The second kappa shape index (κ2) is 3.64. The van der Waals surface area contributed by atoms with E-state index in [4.69, 9.17) is 5.11 Å². The largest absolute Gasteiger partial charge is 0.381 e. The van der Waals surface area contributed by atoms with Crippen LogP contribution in [0, 0.1) is 0 Å². The van der Waals surface area contributed by atoms with Crippen molar-refractivity contribution in [3.05, 3.63) is 34.3 Å². The van der Waals surface area contributed by atoms with Crippen LogP contribution in [-0.2, 0) is 4.79 Å². The van der Waals surface area contributed by atoms with Gasteiger partial charge in [0.15, 0.2) is 6.29 Å². The highest BCUT2D eigenvalue weighted by atomic mass is 79.9. The van der Waals surface area contributed by atoms with Crippen molar-refractivity contribution < 1.29 is 9.90 Å². The number of aldehydes is 1. The minimum Gasteiger partial charge on any atom is -0.381 e. The van der Waals surface area contributed by atoms with E-state index in [0.717, 1.165) is 4.47 Å². The van der Waals surface area contributed by atoms with Crippen LogP contribution in [-0.4, -0.2) is 11.4 Å². The van der Waals surface area contributed by atoms with Crippen molar-refractivity contribution in [2.45, 2.75) is 6.10 Å². The summed E-state index contributed by atoms with van der Waals surface area (Å²) < 4.78 is 0.930. The lowest BCUT2D eigenvalue weighted by atomic mass is 10.1. The molecule has 0 aliphatic heterocycles. The lowest BCUT2D eigenvalue weighted by Crippen LogP contribution is -1.96. The second-order valence-electron chi connectivity index (χ2n) is 2.13. The molecule has 0 amide bonds. The van der Waals surface area contributed by atoms with Gasteiger partial charge in [-0.25, -0.2) is 0 Å². The van der Waals surface area contributed by atoms with Gasteiger partial charge in [-0.3, -0.25) is 0 Å². The molecule has 3 heteroatoms. The molecular weight excluding hydrogens is 208 g/mol. The Morgan fingerprint density at radius 1 is 1.36 bits per heavy atom. The van der Waals surface area contributed by atoms with Crippen molar-refractivity contribution in [3.63, 3.8) is 0 Å². The molecule has 0 aromatic heterocycles. The predicted molar refractivity (Wildman–Crippen MR) is 45.2 cm³/mol. The Labute approximate surface area is 73.0 Å². The third kappa shape index (κ3) is 2.13. The summed E-state index contributed by atoms with van der Waals surface area (Å²) in [5, 5.41) is 9.04. The highest BCUT2D eigenvalue weighted by Crippen LogP contribution is 2.14. The number of halogens is 1. The maximum atomic E-state index is 10.1. The fourth-order valence-corrected chi connectivity index (χ4v) is 1.00. The Hall–Kier alpha value is -0.670. The molecule has 0 spiro atoms. The number of rotatable bonds is 2. The molecule has 1 rings (SSSR count). The number of aliphatic hydroxyl groups is 1. The van der Waals surface area contributed by atoms with Gasteiger partial charge in [-0.1, -0.05) is 28.1 Å². The fraction of sp³-hybridized carbons (Fsp3) is 0.125. The summed E-state index contributed by atoms with van der Waals surface area (Å²) in [7, 11) is 0. The average Bonchev–Trinajstić information content (AvgIpc) is 2.05. The molecule has 0 aliphatic carbocycles. The standard InChI is InChI=1S/C8H7BrO2/c9-7-3-1-6(2-4-7)8(11)5-10/h1-5,8,11H/t8-/m1/s1. The molecule has 1 atom stereocenters. The Bertz CT molecular complexity index is 243. The summed E-state index contributed by atoms with van der Waals surface area (Å²) in [6.07, 6.45) is -0.494. The van der Waals surface area contributed by atoms with Crippen molar-refractivity contribution in [1.82, 2.24) is 0 Å². The highest BCUT2D eigenvalue weighted by molar-refractivity contribution is 9.10. The van der Waals surface area contributed by atoms with Gasteiger partial charge in [-0.05, 0) is 17.7 Å². The first-order valence-corrected chi connectivity index (χ1v) is 3.92. The molecule has 0 saturated heterocycles. The van der Waals surface area contributed by atoms with Gasteiger partial charge in [0.2, 0.25) is 0 Å². The maximum absolute atomic E-state index is 10.1. The summed E-state index contributed by atoms with van der Waals surface area (Å²) in [6, 6.07) is 6.95. The molecule has 0 radical (unpaired) electrons. The Morgan fingerprint density at radius 3 is 2.36 bits per heavy atom. The van der Waals surface area contributed by atoms with E-state index in [2.05, 4.69) is 15.9 Å². The minimum atomic E-state index is -0.997. The SMILES string of the molecule is O=C[C@@H](O)c1ccc(Br)cc1. The van der Waals surface area contributed by atoms with E-state index in [1.165, 1.54) is 0 Å². The van der Waals surface area contributed by atoms with Gasteiger partial charge < -0.3 is 9.90 Å². The topological polar surface area (TPSA) is 37.3 Å². The van der Waals surface area contributed by atoms with Crippen LogP contribution in [0.25, 0.3) is 0 Å². The van der Waals surface area contributed by atoms with Crippen molar-refractivity contribution in [2.24, 2.45) is 0 Å². The summed E-state index contributed by atoms with van der Waals surface area (Å²) in [6.45, 7) is 0. The fourth-order valence-electron chi connectivity index (χ4n) is 0.739. The van der Waals surface area contributed by atoms with Gasteiger partial charge in [0.1, 0.15) is 6.10 Å². The van der Waals surface area contributed by atoms with Crippen LogP contribution in [0.4, 0.5) is 0 Å². The number of benzene rings is 1. The third-order valence-electron chi connectivity index (χ3n) is 1.34. The van der Waals surface area contributed by atoms with E-state index in [-0.39, 0.29) is 0 Å². The third-order valence-corrected chi connectivity index (χ3v) is 1.87. The van der Waals surface area contributed by atoms with Crippen molar-refractivity contribution in [1.29, 1.82) is 0 Å². The molecule has 0 heterocycles. The van der Waals surface area contributed by atoms with Gasteiger partial charge in [-0.15, -0.1) is 0 Å². The number of carbonyl (C=O) groups is 1. The molecule has 1 aromatic carbocycles. The van der Waals surface area contributed by atoms with E-state index >= 15 is 0 Å². The lowest BCUT2D eigenvalue weighted by molar-refractivity contribution is -0.115. The number of carbonyl (C=O) groups excluding carboxylic acids is 1. The van der Waals surface area contributed by atoms with Gasteiger partial charge in [-0.2, -0.15) is 0 Å². The Kier molecular flexibility index (Phi) is 2.79. The molecule has 2 nitrogen and oxygen atoms in total. The van der Waals surface area contributed by atoms with Crippen LogP contribution in [0.5, 0.6) is 0 Å². The smallest absolute Gasteiger partial charge is 0.153 e. The highest BCUT2D eigenvalue weighted by Gasteiger charge is 2.03. The molecule has 0 unspecified atom stereocenters. The zero-order valence-corrected chi connectivity index (χ0v) is 7.28. The minimum absolute atomic E-state index is 0.503. The molecular formula is C8H7BrO2. The summed E-state index contributed by atoms with van der Waals surface area (Å²) in [5.74, 6) is 0. The maximum Gasteiger partial charge on any atom is 0.153 e. The molecule has 0 aliphatic rings.